The van der Waals surface area contributed by atoms with E-state index < -0.39 is 0 Å². The van der Waals surface area contributed by atoms with E-state index in [9.17, 15) is 9.59 Å². The normalized spacial score (nSPS) is 25.0. The van der Waals surface area contributed by atoms with Crippen molar-refractivity contribution in [3.05, 3.63) is 59.9 Å². The minimum absolute atomic E-state index is 0.0372. The Balaban J connectivity index is 1.21. The number of hydrogen-bond acceptors (Lipinski definition) is 4. The zero-order valence-corrected chi connectivity index (χ0v) is 18.8. The zero-order chi connectivity index (χ0) is 22.1. The molecule has 1 aromatic carbocycles. The van der Waals surface area contributed by atoms with Crippen LogP contribution in [0.2, 0.25) is 0 Å². The summed E-state index contributed by atoms with van der Waals surface area (Å²) in [5.74, 6) is 1.51. The van der Waals surface area contributed by atoms with Crippen LogP contribution in [-0.2, 0) is 0 Å². The number of anilines is 1. The molecule has 2 bridgehead atoms. The van der Waals surface area contributed by atoms with Gasteiger partial charge in [-0.15, -0.1) is 0 Å². The van der Waals surface area contributed by atoms with Crippen LogP contribution in [-0.4, -0.2) is 65.9 Å². The molecule has 1 atom stereocenters. The van der Waals surface area contributed by atoms with Gasteiger partial charge in [0.15, 0.2) is 0 Å². The van der Waals surface area contributed by atoms with Crippen LogP contribution in [0.15, 0.2) is 48.7 Å². The molecule has 1 saturated carbocycles. The summed E-state index contributed by atoms with van der Waals surface area (Å²) in [7, 11) is 1.86. The van der Waals surface area contributed by atoms with E-state index in [0.29, 0.717) is 17.5 Å². The first-order valence-corrected chi connectivity index (χ1v) is 11.9. The van der Waals surface area contributed by atoms with E-state index in [1.165, 1.54) is 25.7 Å². The molecule has 0 radical (unpaired) electrons. The number of amides is 2. The number of benzene rings is 1. The van der Waals surface area contributed by atoms with Gasteiger partial charge >= 0.3 is 0 Å². The SMILES string of the molecule is CN(C(=O)c1ccccn1)C1CCN(c2ccc(C(=O)N3CC4CCC(CC4)C3)cc2)C1. The number of hydrogen-bond donors (Lipinski definition) is 0. The molecule has 4 heterocycles. The van der Waals surface area contributed by atoms with Gasteiger partial charge in [-0.1, -0.05) is 6.07 Å². The topological polar surface area (TPSA) is 56.8 Å². The smallest absolute Gasteiger partial charge is 0.272 e. The second-order valence-corrected chi connectivity index (χ2v) is 9.66. The molecule has 2 amide bonds. The molecule has 1 aliphatic carbocycles. The monoisotopic (exact) mass is 432 g/mol. The lowest BCUT2D eigenvalue weighted by Crippen LogP contribution is -2.39. The Morgan fingerprint density at radius 2 is 1.59 bits per heavy atom. The van der Waals surface area contributed by atoms with Gasteiger partial charge in [0.1, 0.15) is 5.69 Å². The van der Waals surface area contributed by atoms with Gasteiger partial charge in [-0.05, 0) is 80.3 Å². The van der Waals surface area contributed by atoms with Crippen molar-refractivity contribution >= 4 is 17.5 Å². The molecule has 0 N–H and O–H groups in total. The Bertz CT molecular complexity index is 940. The average Bonchev–Trinajstić information content (AvgIpc) is 3.14. The summed E-state index contributed by atoms with van der Waals surface area (Å²) in [5.41, 5.74) is 2.38. The summed E-state index contributed by atoms with van der Waals surface area (Å²) in [5, 5.41) is 0. The third-order valence-corrected chi connectivity index (χ3v) is 7.61. The third kappa shape index (κ3) is 4.23. The van der Waals surface area contributed by atoms with Crippen LogP contribution in [0.5, 0.6) is 0 Å². The summed E-state index contributed by atoms with van der Waals surface area (Å²) in [6, 6.07) is 13.6. The van der Waals surface area contributed by atoms with Crippen LogP contribution in [0.4, 0.5) is 5.69 Å². The van der Waals surface area contributed by atoms with Crippen LogP contribution in [0.3, 0.4) is 0 Å². The Morgan fingerprint density at radius 1 is 0.906 bits per heavy atom. The van der Waals surface area contributed by atoms with Crippen molar-refractivity contribution < 1.29 is 9.59 Å². The van der Waals surface area contributed by atoms with Gasteiger partial charge in [-0.25, -0.2) is 0 Å². The number of aromatic nitrogens is 1. The predicted molar refractivity (Wildman–Crippen MR) is 125 cm³/mol. The van der Waals surface area contributed by atoms with Crippen molar-refractivity contribution in [2.75, 3.05) is 38.1 Å². The summed E-state index contributed by atoms with van der Waals surface area (Å²) in [6.07, 6.45) is 7.69. The number of nitrogens with zero attached hydrogens (tertiary/aromatic N) is 4. The minimum atomic E-state index is -0.0372. The molecule has 6 nitrogen and oxygen atoms in total. The van der Waals surface area contributed by atoms with Gasteiger partial charge in [-0.2, -0.15) is 0 Å². The second-order valence-electron chi connectivity index (χ2n) is 9.66. The first-order valence-electron chi connectivity index (χ1n) is 11.9. The highest BCUT2D eigenvalue weighted by Gasteiger charge is 2.32. The molecule has 4 aliphatic rings. The molecule has 0 spiro atoms. The molecule has 1 unspecified atom stereocenters. The lowest BCUT2D eigenvalue weighted by Gasteiger charge is -2.26. The van der Waals surface area contributed by atoms with Crippen LogP contribution in [0, 0.1) is 11.8 Å². The maximum atomic E-state index is 13.1. The van der Waals surface area contributed by atoms with Gasteiger partial charge in [0.05, 0.1) is 6.04 Å². The molecule has 1 aromatic heterocycles. The van der Waals surface area contributed by atoms with Crippen molar-refractivity contribution in [2.45, 2.75) is 38.1 Å². The lowest BCUT2D eigenvalue weighted by molar-refractivity contribution is 0.0732. The fourth-order valence-electron chi connectivity index (χ4n) is 5.59. The lowest BCUT2D eigenvalue weighted by atomic mass is 9.84. The van der Waals surface area contributed by atoms with Crippen LogP contribution >= 0.6 is 0 Å². The van der Waals surface area contributed by atoms with E-state index in [-0.39, 0.29) is 17.9 Å². The summed E-state index contributed by atoms with van der Waals surface area (Å²) in [4.78, 5) is 36.2. The number of likely N-dealkylation sites (N-methyl/N-ethyl adjacent to an activating group) is 1. The standard InChI is InChI=1S/C26H32N4O2/c1-28(26(32)24-4-2-3-14-27-24)23-13-15-29(18-23)22-11-9-21(10-12-22)25(31)30-16-19-5-6-20(17-30)8-7-19/h2-4,9-12,14,19-20,23H,5-8,13,15-18H2,1H3. The van der Waals surface area contributed by atoms with E-state index in [2.05, 4.69) is 26.9 Å². The molecule has 6 rings (SSSR count). The van der Waals surface area contributed by atoms with E-state index in [4.69, 9.17) is 0 Å². The van der Waals surface area contributed by atoms with Gasteiger partial charge in [0.2, 0.25) is 0 Å². The largest absolute Gasteiger partial charge is 0.369 e. The first-order chi connectivity index (χ1) is 15.6. The number of carbonyl (C=O) groups is 2. The van der Waals surface area contributed by atoms with Crippen molar-refractivity contribution in [1.82, 2.24) is 14.8 Å². The zero-order valence-electron chi connectivity index (χ0n) is 18.8. The van der Waals surface area contributed by atoms with E-state index >= 15 is 0 Å². The maximum Gasteiger partial charge on any atom is 0.272 e. The molecule has 3 aliphatic heterocycles. The van der Waals surface area contributed by atoms with Gasteiger partial charge in [0, 0.05) is 50.7 Å². The first kappa shape index (κ1) is 21.0. The summed E-state index contributed by atoms with van der Waals surface area (Å²) >= 11 is 0. The molecule has 4 fully saturated rings. The van der Waals surface area contributed by atoms with Gasteiger partial charge < -0.3 is 14.7 Å². The number of pyridine rings is 1. The molecule has 32 heavy (non-hydrogen) atoms. The van der Waals surface area contributed by atoms with E-state index in [0.717, 1.165) is 43.9 Å². The summed E-state index contributed by atoms with van der Waals surface area (Å²) in [6.45, 7) is 3.52. The maximum absolute atomic E-state index is 13.1. The van der Waals surface area contributed by atoms with E-state index in [1.54, 1.807) is 12.3 Å². The highest BCUT2D eigenvalue weighted by molar-refractivity contribution is 5.94. The van der Waals surface area contributed by atoms with Gasteiger partial charge in [-0.3, -0.25) is 14.6 Å². The fourth-order valence-corrected chi connectivity index (χ4v) is 5.59. The third-order valence-electron chi connectivity index (χ3n) is 7.61. The van der Waals surface area contributed by atoms with Crippen LogP contribution in [0.25, 0.3) is 0 Å². The Kier molecular flexibility index (Phi) is 5.85. The number of fused-ring (bicyclic) bond motifs is 4. The van der Waals surface area contributed by atoms with Gasteiger partial charge in [0.25, 0.3) is 11.8 Å². The quantitative estimate of drug-likeness (QED) is 0.739. The second kappa shape index (κ2) is 8.93. The van der Waals surface area contributed by atoms with Crippen molar-refractivity contribution in [2.24, 2.45) is 11.8 Å². The highest BCUT2D eigenvalue weighted by Crippen LogP contribution is 2.34. The van der Waals surface area contributed by atoms with Crippen LogP contribution < -0.4 is 4.90 Å². The molecule has 3 saturated heterocycles. The molecular weight excluding hydrogens is 400 g/mol. The fraction of sp³-hybridized carbons (Fsp3) is 0.500. The molecular formula is C26H32N4O2. The van der Waals surface area contributed by atoms with E-state index in [1.807, 2.05) is 36.2 Å². The van der Waals surface area contributed by atoms with Crippen molar-refractivity contribution in [3.8, 4) is 0 Å². The predicted octanol–water partition coefficient (Wildman–Crippen LogP) is 3.69. The minimum Gasteiger partial charge on any atom is -0.369 e. The number of carbonyl (C=O) groups excluding carboxylic acids is 2. The summed E-state index contributed by atoms with van der Waals surface area (Å²) < 4.78 is 0. The Morgan fingerprint density at radius 3 is 2.22 bits per heavy atom. The average molecular weight is 433 g/mol. The van der Waals surface area contributed by atoms with Crippen LogP contribution in [0.1, 0.15) is 53.0 Å². The van der Waals surface area contributed by atoms with Crippen molar-refractivity contribution in [3.63, 3.8) is 0 Å². The number of rotatable bonds is 4. The molecule has 6 heteroatoms. The molecule has 2 aromatic rings. The van der Waals surface area contributed by atoms with Crippen molar-refractivity contribution in [1.29, 1.82) is 0 Å². The molecule has 168 valence electrons. The Labute approximate surface area is 190 Å². The highest BCUT2D eigenvalue weighted by atomic mass is 16.2. The Hall–Kier alpha value is -2.89.